The minimum atomic E-state index is 0.128. The van der Waals surface area contributed by atoms with Gasteiger partial charge in [0.05, 0.1) is 11.2 Å². The summed E-state index contributed by atoms with van der Waals surface area (Å²) in [6.45, 7) is 6.03. The average molecular weight is 268 g/mol. The number of hydrogen-bond acceptors (Lipinski definition) is 5. The molecule has 1 saturated heterocycles. The molecule has 1 fully saturated rings. The molecule has 2 rings (SSSR count). The molecule has 0 aromatic carbocycles. The SMILES string of the molecule is Cc1ncsc1CN(C)C1(CN)CCCN(C)C1. The van der Waals surface area contributed by atoms with Crippen molar-refractivity contribution in [3.8, 4) is 0 Å². The van der Waals surface area contributed by atoms with E-state index in [0.29, 0.717) is 0 Å². The maximum atomic E-state index is 6.09. The second-order valence-corrected chi connectivity index (χ2v) is 6.43. The van der Waals surface area contributed by atoms with Crippen molar-refractivity contribution in [2.24, 2.45) is 5.73 Å². The lowest BCUT2D eigenvalue weighted by Crippen LogP contribution is -2.60. The van der Waals surface area contributed by atoms with Gasteiger partial charge >= 0.3 is 0 Å². The van der Waals surface area contributed by atoms with Crippen molar-refractivity contribution < 1.29 is 0 Å². The van der Waals surface area contributed by atoms with E-state index >= 15 is 0 Å². The van der Waals surface area contributed by atoms with E-state index in [4.69, 9.17) is 5.73 Å². The first-order valence-corrected chi connectivity index (χ1v) is 7.44. The molecule has 0 saturated carbocycles. The molecule has 4 nitrogen and oxygen atoms in total. The topological polar surface area (TPSA) is 45.4 Å². The molecule has 2 N–H and O–H groups in total. The van der Waals surface area contributed by atoms with E-state index in [0.717, 1.165) is 25.3 Å². The van der Waals surface area contributed by atoms with Gasteiger partial charge in [-0.25, -0.2) is 4.98 Å². The summed E-state index contributed by atoms with van der Waals surface area (Å²) in [7, 11) is 4.39. The van der Waals surface area contributed by atoms with Crippen LogP contribution in [-0.4, -0.2) is 54.1 Å². The highest BCUT2D eigenvalue weighted by atomic mass is 32.1. The van der Waals surface area contributed by atoms with Crippen LogP contribution in [0.5, 0.6) is 0 Å². The van der Waals surface area contributed by atoms with Crippen LogP contribution in [-0.2, 0) is 6.54 Å². The second kappa shape index (κ2) is 5.65. The number of aromatic nitrogens is 1. The third-order valence-corrected chi connectivity index (χ3v) is 5.08. The van der Waals surface area contributed by atoms with Crippen molar-refractivity contribution in [3.05, 3.63) is 16.1 Å². The number of rotatable bonds is 4. The van der Waals surface area contributed by atoms with Crippen molar-refractivity contribution in [3.63, 3.8) is 0 Å². The first-order valence-electron chi connectivity index (χ1n) is 6.56. The molecule has 1 aromatic rings. The van der Waals surface area contributed by atoms with E-state index in [-0.39, 0.29) is 5.54 Å². The molecule has 0 spiro atoms. The second-order valence-electron chi connectivity index (χ2n) is 5.49. The number of hydrogen-bond donors (Lipinski definition) is 1. The van der Waals surface area contributed by atoms with Gasteiger partial charge in [-0.05, 0) is 40.4 Å². The minimum absolute atomic E-state index is 0.128. The van der Waals surface area contributed by atoms with E-state index in [1.807, 2.05) is 5.51 Å². The van der Waals surface area contributed by atoms with Crippen LogP contribution in [0.1, 0.15) is 23.4 Å². The molecule has 0 amide bonds. The number of thiazole rings is 1. The molecular weight excluding hydrogens is 244 g/mol. The molecule has 102 valence electrons. The summed E-state index contributed by atoms with van der Waals surface area (Å²) < 4.78 is 0. The molecule has 1 aromatic heterocycles. The molecule has 18 heavy (non-hydrogen) atoms. The quantitative estimate of drug-likeness (QED) is 0.894. The van der Waals surface area contributed by atoms with Crippen LogP contribution < -0.4 is 5.73 Å². The largest absolute Gasteiger partial charge is 0.329 e. The third-order valence-electron chi connectivity index (χ3n) is 4.16. The summed E-state index contributed by atoms with van der Waals surface area (Å²) in [6.07, 6.45) is 2.43. The fourth-order valence-electron chi connectivity index (χ4n) is 2.83. The third kappa shape index (κ3) is 2.74. The fraction of sp³-hybridized carbons (Fsp3) is 0.769. The average Bonchev–Trinajstić information content (AvgIpc) is 2.75. The van der Waals surface area contributed by atoms with Crippen LogP contribution in [0.25, 0.3) is 0 Å². The van der Waals surface area contributed by atoms with Crippen LogP contribution in [0.15, 0.2) is 5.51 Å². The van der Waals surface area contributed by atoms with Crippen LogP contribution in [0.3, 0.4) is 0 Å². The predicted molar refractivity (Wildman–Crippen MR) is 76.8 cm³/mol. The van der Waals surface area contributed by atoms with Crippen molar-refractivity contribution in [2.45, 2.75) is 31.8 Å². The zero-order chi connectivity index (χ0) is 13.2. The molecule has 2 heterocycles. The molecule has 1 atom stereocenters. The van der Waals surface area contributed by atoms with E-state index in [2.05, 4.69) is 35.8 Å². The lowest BCUT2D eigenvalue weighted by Gasteiger charge is -2.47. The van der Waals surface area contributed by atoms with Crippen molar-refractivity contribution in [1.82, 2.24) is 14.8 Å². The van der Waals surface area contributed by atoms with Crippen LogP contribution >= 0.6 is 11.3 Å². The number of aryl methyl sites for hydroxylation is 1. The summed E-state index contributed by atoms with van der Waals surface area (Å²) in [5.74, 6) is 0. The van der Waals surface area contributed by atoms with Gasteiger partial charge in [-0.15, -0.1) is 11.3 Å². The summed E-state index contributed by atoms with van der Waals surface area (Å²) in [5, 5.41) is 0. The Kier molecular flexibility index (Phi) is 4.37. The smallest absolute Gasteiger partial charge is 0.0798 e. The maximum Gasteiger partial charge on any atom is 0.0798 e. The summed E-state index contributed by atoms with van der Waals surface area (Å²) in [6, 6.07) is 0. The van der Waals surface area contributed by atoms with Crippen molar-refractivity contribution in [1.29, 1.82) is 0 Å². The standard InChI is InChI=1S/C13H24N4S/c1-11-12(18-10-15-11)7-17(3)13(8-14)5-4-6-16(2)9-13/h10H,4-9,14H2,1-3H3. The number of likely N-dealkylation sites (tertiary alicyclic amines) is 1. The lowest BCUT2D eigenvalue weighted by molar-refractivity contribution is 0.0401. The van der Waals surface area contributed by atoms with Gasteiger partial charge in [0.2, 0.25) is 0 Å². The monoisotopic (exact) mass is 268 g/mol. The Balaban J connectivity index is 2.09. The van der Waals surface area contributed by atoms with Gasteiger partial charge in [-0.2, -0.15) is 0 Å². The van der Waals surface area contributed by atoms with Crippen molar-refractivity contribution >= 4 is 11.3 Å². The van der Waals surface area contributed by atoms with E-state index in [9.17, 15) is 0 Å². The zero-order valence-electron chi connectivity index (χ0n) is 11.6. The van der Waals surface area contributed by atoms with Gasteiger partial charge in [0, 0.05) is 30.1 Å². The molecule has 0 bridgehead atoms. The normalized spacial score (nSPS) is 25.8. The molecule has 1 unspecified atom stereocenters. The molecular formula is C13H24N4S. The molecule has 0 radical (unpaired) electrons. The number of likely N-dealkylation sites (N-methyl/N-ethyl adjacent to an activating group) is 2. The van der Waals surface area contributed by atoms with Gasteiger partial charge in [0.1, 0.15) is 0 Å². The highest BCUT2D eigenvalue weighted by molar-refractivity contribution is 7.09. The Bertz CT molecular complexity index is 392. The summed E-state index contributed by atoms with van der Waals surface area (Å²) >= 11 is 1.74. The van der Waals surface area contributed by atoms with Crippen LogP contribution in [0.2, 0.25) is 0 Å². The van der Waals surface area contributed by atoms with Gasteiger partial charge in [0.15, 0.2) is 0 Å². The van der Waals surface area contributed by atoms with E-state index in [1.54, 1.807) is 11.3 Å². The molecule has 5 heteroatoms. The van der Waals surface area contributed by atoms with Crippen molar-refractivity contribution in [2.75, 3.05) is 33.7 Å². The minimum Gasteiger partial charge on any atom is -0.329 e. The first kappa shape index (κ1) is 13.9. The van der Waals surface area contributed by atoms with Gasteiger partial charge in [-0.1, -0.05) is 0 Å². The molecule has 1 aliphatic heterocycles. The molecule has 1 aliphatic rings. The van der Waals surface area contributed by atoms with E-state index < -0.39 is 0 Å². The first-order chi connectivity index (χ1) is 8.57. The number of nitrogens with zero attached hydrogens (tertiary/aromatic N) is 3. The lowest BCUT2D eigenvalue weighted by atomic mass is 9.87. The van der Waals surface area contributed by atoms with Gasteiger partial charge in [0.25, 0.3) is 0 Å². The summed E-state index contributed by atoms with van der Waals surface area (Å²) in [5.41, 5.74) is 9.30. The van der Waals surface area contributed by atoms with Gasteiger partial charge < -0.3 is 10.6 Å². The van der Waals surface area contributed by atoms with Crippen LogP contribution in [0, 0.1) is 6.92 Å². The highest BCUT2D eigenvalue weighted by Crippen LogP contribution is 2.27. The van der Waals surface area contributed by atoms with Gasteiger partial charge in [-0.3, -0.25) is 4.90 Å². The maximum absolute atomic E-state index is 6.09. The molecule has 0 aliphatic carbocycles. The van der Waals surface area contributed by atoms with Crippen LogP contribution in [0.4, 0.5) is 0 Å². The van der Waals surface area contributed by atoms with E-state index in [1.165, 1.54) is 24.3 Å². The number of piperidine rings is 1. The Hall–Kier alpha value is -0.490. The number of nitrogens with two attached hydrogens (primary N) is 1. The fourth-order valence-corrected chi connectivity index (χ4v) is 3.66. The Morgan fingerprint density at radius 2 is 2.39 bits per heavy atom. The Morgan fingerprint density at radius 3 is 2.94 bits per heavy atom. The zero-order valence-corrected chi connectivity index (χ0v) is 12.5. The highest BCUT2D eigenvalue weighted by Gasteiger charge is 2.37. The summed E-state index contributed by atoms with van der Waals surface area (Å²) in [4.78, 5) is 10.5. The Morgan fingerprint density at radius 1 is 1.61 bits per heavy atom. The predicted octanol–water partition coefficient (Wildman–Crippen LogP) is 1.31. The Labute approximate surface area is 114 Å².